The second-order valence-corrected chi connectivity index (χ2v) is 15.8. The van der Waals surface area contributed by atoms with Gasteiger partial charge in [-0.05, 0) is 48.1 Å². The molecule has 0 radical (unpaired) electrons. The summed E-state index contributed by atoms with van der Waals surface area (Å²) in [5, 5.41) is 25.9. The fourth-order valence-electron chi connectivity index (χ4n) is 8.13. The van der Waals surface area contributed by atoms with Crippen molar-refractivity contribution in [2.45, 2.75) is 87.8 Å². The van der Waals surface area contributed by atoms with Gasteiger partial charge in [-0.3, -0.25) is 28.8 Å². The minimum absolute atomic E-state index is 0.00152. The summed E-state index contributed by atoms with van der Waals surface area (Å²) in [7, 11) is 0. The number of amides is 6. The smallest absolute Gasteiger partial charge is 0.246 e. The molecule has 7 atom stereocenters. The number of H-pyrrole nitrogens is 1. The highest BCUT2D eigenvalue weighted by atomic mass is 16.3. The molecular formula is C47H51N7O7. The predicted octanol–water partition coefficient (Wildman–Crippen LogP) is 2.25. The highest BCUT2D eigenvalue weighted by molar-refractivity contribution is 5.99. The molecule has 4 aromatic carbocycles. The number of carbonyl (C=O) groups is 6. The molecule has 2 aliphatic rings. The number of aliphatic hydroxyl groups is 1. The molecule has 316 valence electrons. The largest absolute Gasteiger partial charge is 0.391 e. The molecule has 7 rings (SSSR count). The van der Waals surface area contributed by atoms with Gasteiger partial charge in [0.2, 0.25) is 35.4 Å². The summed E-state index contributed by atoms with van der Waals surface area (Å²) in [5.74, 6) is -3.99. The Bertz CT molecular complexity index is 2340. The van der Waals surface area contributed by atoms with E-state index >= 15 is 0 Å². The lowest BCUT2D eigenvalue weighted by Gasteiger charge is -2.32. The van der Waals surface area contributed by atoms with E-state index in [4.69, 9.17) is 0 Å². The fraction of sp³-hybridized carbons (Fsp3) is 0.319. The molecule has 2 aliphatic heterocycles. The summed E-state index contributed by atoms with van der Waals surface area (Å²) in [6, 6.07) is 27.3. The maximum atomic E-state index is 14.6. The third kappa shape index (κ3) is 10.5. The highest BCUT2D eigenvalue weighted by Gasteiger charge is 2.41. The number of hydrogen-bond donors (Lipinski definition) is 7. The molecule has 14 nitrogen and oxygen atoms in total. The lowest BCUT2D eigenvalue weighted by molar-refractivity contribution is -0.143. The van der Waals surface area contributed by atoms with Crippen LogP contribution in [0.25, 0.3) is 10.9 Å². The van der Waals surface area contributed by atoms with Crippen molar-refractivity contribution in [3.05, 3.63) is 144 Å². The Labute approximate surface area is 353 Å². The summed E-state index contributed by atoms with van der Waals surface area (Å²) in [6.07, 6.45) is 1.29. The van der Waals surface area contributed by atoms with Gasteiger partial charge >= 0.3 is 0 Å². The number of benzene rings is 4. The van der Waals surface area contributed by atoms with Crippen molar-refractivity contribution in [1.29, 1.82) is 0 Å². The summed E-state index contributed by atoms with van der Waals surface area (Å²) in [6.45, 7) is 1.56. The molecule has 2 saturated heterocycles. The lowest BCUT2D eigenvalue weighted by atomic mass is 9.99. The molecule has 5 aromatic rings. The Morgan fingerprint density at radius 2 is 1.02 bits per heavy atom. The number of rotatable bonds is 9. The summed E-state index contributed by atoms with van der Waals surface area (Å²) >= 11 is 0. The topological polar surface area (TPSA) is 202 Å². The van der Waals surface area contributed by atoms with Crippen molar-refractivity contribution in [3.8, 4) is 0 Å². The van der Waals surface area contributed by atoms with Crippen LogP contribution in [-0.4, -0.2) is 99.3 Å². The van der Waals surface area contributed by atoms with Crippen molar-refractivity contribution >= 4 is 46.3 Å². The quantitative estimate of drug-likeness (QED) is 0.118. The standard InChI is InChI=1S/C47H51N7O7/c1-29(55)41-46(60)52-39(26-32-18-9-4-10-19-32)47(61)54-23-13-22-40(54)45(59)51-36(24-30-14-5-2-6-15-30)42(56)50-38(27-33-28-48-35-21-12-11-20-34(33)35)43(57)49-37(44(58)53-41)25-31-16-7-3-8-17-31/h2-12,14-21,28-29,36-41,48,55H,13,22-27H2,1H3,(H,49,57)(H,50,56)(H,51,59)(H,52,60)(H,53,58)/t29-,36+,37+,38-,39+,40+,41+/m1/s1. The molecule has 0 aliphatic carbocycles. The first-order valence-electron chi connectivity index (χ1n) is 20.7. The normalized spacial score (nSPS) is 23.7. The van der Waals surface area contributed by atoms with Crippen LogP contribution in [0.5, 0.6) is 0 Å². The van der Waals surface area contributed by atoms with Crippen LogP contribution in [0.4, 0.5) is 0 Å². The second-order valence-electron chi connectivity index (χ2n) is 15.8. The molecule has 6 amide bonds. The molecule has 0 spiro atoms. The van der Waals surface area contributed by atoms with E-state index in [1.165, 1.54) is 11.8 Å². The van der Waals surface area contributed by atoms with Crippen molar-refractivity contribution in [2.24, 2.45) is 0 Å². The van der Waals surface area contributed by atoms with Crippen LogP contribution in [0.3, 0.4) is 0 Å². The van der Waals surface area contributed by atoms with Gasteiger partial charge in [0.05, 0.1) is 6.10 Å². The van der Waals surface area contributed by atoms with Gasteiger partial charge in [0.25, 0.3) is 0 Å². The Morgan fingerprint density at radius 3 is 1.57 bits per heavy atom. The molecule has 0 saturated carbocycles. The summed E-state index contributed by atoms with van der Waals surface area (Å²) in [4.78, 5) is 91.1. The van der Waals surface area contributed by atoms with Crippen molar-refractivity contribution < 1.29 is 33.9 Å². The van der Waals surface area contributed by atoms with E-state index < -0.39 is 77.8 Å². The van der Waals surface area contributed by atoms with E-state index in [9.17, 15) is 33.9 Å². The zero-order valence-electron chi connectivity index (χ0n) is 33.9. The third-order valence-electron chi connectivity index (χ3n) is 11.4. The Kier molecular flexibility index (Phi) is 13.5. The predicted molar refractivity (Wildman–Crippen MR) is 229 cm³/mol. The lowest BCUT2D eigenvalue weighted by Crippen LogP contribution is -2.63. The molecule has 61 heavy (non-hydrogen) atoms. The van der Waals surface area contributed by atoms with Gasteiger partial charge in [0.15, 0.2) is 0 Å². The average molecular weight is 826 g/mol. The van der Waals surface area contributed by atoms with Crippen molar-refractivity contribution in [2.75, 3.05) is 6.54 Å². The molecular weight excluding hydrogens is 775 g/mol. The minimum Gasteiger partial charge on any atom is -0.391 e. The molecule has 0 unspecified atom stereocenters. The number of carbonyl (C=O) groups excluding carboxylic acids is 6. The molecule has 14 heteroatoms. The number of para-hydroxylation sites is 1. The van der Waals surface area contributed by atoms with Gasteiger partial charge in [-0.1, -0.05) is 109 Å². The molecule has 3 heterocycles. The second kappa shape index (κ2) is 19.5. The van der Waals surface area contributed by atoms with Gasteiger partial charge in [0, 0.05) is 49.3 Å². The van der Waals surface area contributed by atoms with E-state index in [2.05, 4.69) is 31.6 Å². The van der Waals surface area contributed by atoms with Crippen molar-refractivity contribution in [3.63, 3.8) is 0 Å². The van der Waals surface area contributed by atoms with Crippen LogP contribution in [-0.2, 0) is 54.5 Å². The first-order valence-corrected chi connectivity index (χ1v) is 20.7. The van der Waals surface area contributed by atoms with Crippen molar-refractivity contribution in [1.82, 2.24) is 36.5 Å². The van der Waals surface area contributed by atoms with Gasteiger partial charge in [-0.2, -0.15) is 0 Å². The monoisotopic (exact) mass is 825 g/mol. The Balaban J connectivity index is 1.29. The number of aromatic nitrogens is 1. The Hall–Kier alpha value is -6.80. The van der Waals surface area contributed by atoms with Crippen LogP contribution in [0, 0.1) is 0 Å². The first kappa shape index (κ1) is 42.3. The molecule has 2 fully saturated rings. The van der Waals surface area contributed by atoms with E-state index in [1.54, 1.807) is 42.6 Å². The van der Waals surface area contributed by atoms with Gasteiger partial charge in [-0.25, -0.2) is 0 Å². The average Bonchev–Trinajstić information content (AvgIpc) is 3.93. The summed E-state index contributed by atoms with van der Waals surface area (Å²) < 4.78 is 0. The van der Waals surface area contributed by atoms with Crippen LogP contribution in [0.2, 0.25) is 0 Å². The number of aliphatic hydroxyl groups excluding tert-OH is 1. The maximum Gasteiger partial charge on any atom is 0.246 e. The molecule has 7 N–H and O–H groups in total. The third-order valence-corrected chi connectivity index (χ3v) is 11.4. The Morgan fingerprint density at radius 1 is 0.557 bits per heavy atom. The molecule has 0 bridgehead atoms. The van der Waals surface area contributed by atoms with Gasteiger partial charge in [-0.15, -0.1) is 0 Å². The number of hydrogen-bond acceptors (Lipinski definition) is 7. The van der Waals surface area contributed by atoms with Gasteiger partial charge in [0.1, 0.15) is 36.3 Å². The van der Waals surface area contributed by atoms with Crippen LogP contribution >= 0.6 is 0 Å². The minimum atomic E-state index is -1.54. The van der Waals surface area contributed by atoms with Gasteiger partial charge < -0.3 is 41.6 Å². The maximum absolute atomic E-state index is 14.6. The van der Waals surface area contributed by atoms with E-state index in [0.29, 0.717) is 18.4 Å². The van der Waals surface area contributed by atoms with E-state index in [1.807, 2.05) is 78.9 Å². The number of aromatic amines is 1. The fourth-order valence-corrected chi connectivity index (χ4v) is 8.13. The SMILES string of the molecule is C[C@@H](O)[C@@H]1NC(=O)[C@H](Cc2ccccc2)NC(=O)[C@@H](Cc2c[nH]c3ccccc23)NC(=O)[C@H](Cc2ccccc2)NC(=O)[C@@H]2CCCN2C(=O)[C@H](Cc2ccccc2)NC1=O. The highest BCUT2D eigenvalue weighted by Crippen LogP contribution is 2.22. The zero-order valence-corrected chi connectivity index (χ0v) is 33.9. The first-order chi connectivity index (χ1) is 29.5. The number of fused-ring (bicyclic) bond motifs is 2. The van der Waals surface area contributed by atoms with Crippen LogP contribution in [0.15, 0.2) is 121 Å². The number of nitrogens with zero attached hydrogens (tertiary/aromatic N) is 1. The van der Waals surface area contributed by atoms with Crippen LogP contribution < -0.4 is 26.6 Å². The van der Waals surface area contributed by atoms with E-state index in [-0.39, 0.29) is 32.2 Å². The number of nitrogens with one attached hydrogen (secondary N) is 6. The van der Waals surface area contributed by atoms with Crippen LogP contribution in [0.1, 0.15) is 42.0 Å². The summed E-state index contributed by atoms with van der Waals surface area (Å²) in [5.41, 5.74) is 3.72. The zero-order chi connectivity index (χ0) is 42.9. The van der Waals surface area contributed by atoms with E-state index in [0.717, 1.165) is 27.6 Å². The molecule has 1 aromatic heterocycles.